The van der Waals surface area contributed by atoms with Gasteiger partial charge in [0.2, 0.25) is 5.91 Å². The Morgan fingerprint density at radius 2 is 2.19 bits per heavy atom. The van der Waals surface area contributed by atoms with Crippen molar-refractivity contribution in [2.45, 2.75) is 57.2 Å². The maximum Gasteiger partial charge on any atom is 0.237 e. The predicted octanol–water partition coefficient (Wildman–Crippen LogP) is 0.467. The normalized spacial score (nSPS) is 30.9. The summed E-state index contributed by atoms with van der Waals surface area (Å²) in [7, 11) is 0. The molecule has 0 bridgehead atoms. The third kappa shape index (κ3) is 2.23. The van der Waals surface area contributed by atoms with Crippen LogP contribution in [0.15, 0.2) is 0 Å². The number of nitrogens with zero attached hydrogens (tertiary/aromatic N) is 1. The van der Waals surface area contributed by atoms with Crippen molar-refractivity contribution in [2.24, 2.45) is 5.73 Å². The molecule has 16 heavy (non-hydrogen) atoms. The van der Waals surface area contributed by atoms with Gasteiger partial charge in [-0.15, -0.1) is 0 Å². The molecule has 1 saturated carbocycles. The molecule has 0 aromatic heterocycles. The van der Waals surface area contributed by atoms with Gasteiger partial charge in [0.1, 0.15) is 0 Å². The number of hydrogen-bond acceptors (Lipinski definition) is 3. The third-order valence-electron chi connectivity index (χ3n) is 3.75. The molecule has 2 fully saturated rings. The summed E-state index contributed by atoms with van der Waals surface area (Å²) in [5.74, 6) is 0.169. The van der Waals surface area contributed by atoms with Crippen LogP contribution in [0.2, 0.25) is 0 Å². The van der Waals surface area contributed by atoms with Crippen molar-refractivity contribution in [3.63, 3.8) is 0 Å². The lowest BCUT2D eigenvalue weighted by Crippen LogP contribution is -2.54. The molecule has 0 radical (unpaired) electrons. The maximum absolute atomic E-state index is 12.0. The lowest BCUT2D eigenvalue weighted by molar-refractivity contribution is -0.127. The predicted molar refractivity (Wildman–Crippen MR) is 64.0 cm³/mol. The lowest BCUT2D eigenvalue weighted by Gasteiger charge is -2.41. The number of carbonyl (C=O) groups excluding carboxylic acids is 1. The van der Waals surface area contributed by atoms with E-state index in [4.69, 9.17) is 5.73 Å². The monoisotopic (exact) mass is 225 g/mol. The van der Waals surface area contributed by atoms with Crippen LogP contribution in [0.1, 0.15) is 39.5 Å². The van der Waals surface area contributed by atoms with Crippen LogP contribution < -0.4 is 11.1 Å². The first-order valence-electron chi connectivity index (χ1n) is 6.32. The van der Waals surface area contributed by atoms with E-state index in [1.807, 2.05) is 0 Å². The van der Waals surface area contributed by atoms with Gasteiger partial charge in [-0.1, -0.05) is 0 Å². The quantitative estimate of drug-likeness (QED) is 0.734. The molecule has 92 valence electrons. The second kappa shape index (κ2) is 4.34. The number of rotatable bonds is 3. The van der Waals surface area contributed by atoms with Crippen molar-refractivity contribution in [3.05, 3.63) is 0 Å². The highest BCUT2D eigenvalue weighted by molar-refractivity contribution is 5.82. The molecule has 1 unspecified atom stereocenters. The molecule has 1 aliphatic heterocycles. The van der Waals surface area contributed by atoms with Crippen LogP contribution in [-0.2, 0) is 4.79 Å². The first-order chi connectivity index (χ1) is 7.56. The zero-order chi connectivity index (χ0) is 11.8. The Morgan fingerprint density at radius 3 is 2.75 bits per heavy atom. The topological polar surface area (TPSA) is 58.4 Å². The molecule has 3 N–H and O–H groups in total. The largest absolute Gasteiger partial charge is 0.355 e. The van der Waals surface area contributed by atoms with E-state index in [1.165, 1.54) is 12.8 Å². The molecule has 2 aliphatic rings. The van der Waals surface area contributed by atoms with Gasteiger partial charge in [0.15, 0.2) is 0 Å². The van der Waals surface area contributed by atoms with Gasteiger partial charge < -0.3 is 11.1 Å². The van der Waals surface area contributed by atoms with Crippen LogP contribution in [-0.4, -0.2) is 41.5 Å². The minimum atomic E-state index is -0.0185. The van der Waals surface area contributed by atoms with Crippen LogP contribution in [0.3, 0.4) is 0 Å². The molecule has 0 spiro atoms. The lowest BCUT2D eigenvalue weighted by atomic mass is 9.95. The highest BCUT2D eigenvalue weighted by Crippen LogP contribution is 2.37. The molecule has 1 atom stereocenters. The van der Waals surface area contributed by atoms with E-state index in [-0.39, 0.29) is 17.5 Å². The average Bonchev–Trinajstić information content (AvgIpc) is 2.99. The van der Waals surface area contributed by atoms with Gasteiger partial charge in [-0.05, 0) is 46.1 Å². The zero-order valence-corrected chi connectivity index (χ0v) is 10.3. The number of nitrogens with one attached hydrogen (secondary N) is 1. The Kier molecular flexibility index (Phi) is 3.22. The standard InChI is InChI=1S/C12H23N3O/c1-12(2)6-8-14-11(16)10(5-7-13)15(12)9-3-4-9/h9-10H,3-8,13H2,1-2H3,(H,14,16). The molecular formula is C12H23N3O. The van der Waals surface area contributed by atoms with E-state index in [1.54, 1.807) is 0 Å². The summed E-state index contributed by atoms with van der Waals surface area (Å²) in [5.41, 5.74) is 5.75. The highest BCUT2D eigenvalue weighted by atomic mass is 16.2. The van der Waals surface area contributed by atoms with E-state index in [9.17, 15) is 4.79 Å². The minimum absolute atomic E-state index is 0.0185. The van der Waals surface area contributed by atoms with E-state index < -0.39 is 0 Å². The minimum Gasteiger partial charge on any atom is -0.355 e. The summed E-state index contributed by atoms with van der Waals surface area (Å²) in [6.45, 7) is 5.86. The molecule has 0 aromatic carbocycles. The third-order valence-corrected chi connectivity index (χ3v) is 3.75. The Balaban J connectivity index is 2.22. The molecule has 1 aliphatic carbocycles. The van der Waals surface area contributed by atoms with E-state index >= 15 is 0 Å². The molecule has 4 heteroatoms. The van der Waals surface area contributed by atoms with Crippen molar-refractivity contribution < 1.29 is 4.79 Å². The van der Waals surface area contributed by atoms with Crippen molar-refractivity contribution in [3.8, 4) is 0 Å². The van der Waals surface area contributed by atoms with Gasteiger partial charge in [-0.2, -0.15) is 0 Å². The second-order valence-electron chi connectivity index (χ2n) is 5.59. The van der Waals surface area contributed by atoms with E-state index in [0.29, 0.717) is 12.6 Å². The Labute approximate surface area is 97.6 Å². The molecule has 1 amide bonds. The summed E-state index contributed by atoms with van der Waals surface area (Å²) in [4.78, 5) is 14.4. The molecule has 1 heterocycles. The number of amides is 1. The maximum atomic E-state index is 12.0. The summed E-state index contributed by atoms with van der Waals surface area (Å²) < 4.78 is 0. The van der Waals surface area contributed by atoms with Gasteiger partial charge >= 0.3 is 0 Å². The summed E-state index contributed by atoms with van der Waals surface area (Å²) in [6, 6.07) is 0.588. The smallest absolute Gasteiger partial charge is 0.237 e. The fraction of sp³-hybridized carbons (Fsp3) is 0.917. The highest BCUT2D eigenvalue weighted by Gasteiger charge is 2.45. The molecule has 0 aromatic rings. The van der Waals surface area contributed by atoms with Crippen LogP contribution in [0.5, 0.6) is 0 Å². The van der Waals surface area contributed by atoms with Crippen LogP contribution >= 0.6 is 0 Å². The summed E-state index contributed by atoms with van der Waals surface area (Å²) in [5, 5.41) is 3.01. The number of nitrogens with two attached hydrogens (primary N) is 1. The van der Waals surface area contributed by atoms with Crippen molar-refractivity contribution in [1.29, 1.82) is 0 Å². The number of carbonyl (C=O) groups is 1. The first kappa shape index (κ1) is 11.9. The fourth-order valence-corrected chi connectivity index (χ4v) is 2.82. The van der Waals surface area contributed by atoms with Crippen LogP contribution in [0, 0.1) is 0 Å². The van der Waals surface area contributed by atoms with E-state index in [0.717, 1.165) is 19.4 Å². The van der Waals surface area contributed by atoms with E-state index in [2.05, 4.69) is 24.1 Å². The summed E-state index contributed by atoms with van der Waals surface area (Å²) in [6.07, 6.45) is 4.26. The van der Waals surface area contributed by atoms with Gasteiger partial charge in [-0.3, -0.25) is 9.69 Å². The van der Waals surface area contributed by atoms with Gasteiger partial charge in [0, 0.05) is 18.1 Å². The van der Waals surface area contributed by atoms with Crippen molar-refractivity contribution in [2.75, 3.05) is 13.1 Å². The number of hydrogen-bond donors (Lipinski definition) is 2. The molecule has 4 nitrogen and oxygen atoms in total. The zero-order valence-electron chi connectivity index (χ0n) is 10.3. The Morgan fingerprint density at radius 1 is 1.50 bits per heavy atom. The Bertz CT molecular complexity index is 273. The molecule has 1 saturated heterocycles. The van der Waals surface area contributed by atoms with Crippen LogP contribution in [0.4, 0.5) is 0 Å². The van der Waals surface area contributed by atoms with Crippen molar-refractivity contribution in [1.82, 2.24) is 10.2 Å². The van der Waals surface area contributed by atoms with Gasteiger partial charge in [0.25, 0.3) is 0 Å². The SMILES string of the molecule is CC1(C)CCNC(=O)C(CCN)N1C1CC1. The van der Waals surface area contributed by atoms with Crippen LogP contribution in [0.25, 0.3) is 0 Å². The second-order valence-corrected chi connectivity index (χ2v) is 5.59. The van der Waals surface area contributed by atoms with Crippen molar-refractivity contribution >= 4 is 5.91 Å². The van der Waals surface area contributed by atoms with Gasteiger partial charge in [0.05, 0.1) is 6.04 Å². The molecule has 2 rings (SSSR count). The first-order valence-corrected chi connectivity index (χ1v) is 6.32. The van der Waals surface area contributed by atoms with Gasteiger partial charge in [-0.25, -0.2) is 0 Å². The Hall–Kier alpha value is -0.610. The summed E-state index contributed by atoms with van der Waals surface area (Å²) >= 11 is 0. The fourth-order valence-electron chi connectivity index (χ4n) is 2.82. The average molecular weight is 225 g/mol. The molecular weight excluding hydrogens is 202 g/mol.